The summed E-state index contributed by atoms with van der Waals surface area (Å²) in [6.45, 7) is 1.87. The van der Waals surface area contributed by atoms with Crippen molar-refractivity contribution in [2.45, 2.75) is 26.1 Å². The van der Waals surface area contributed by atoms with Crippen LogP contribution in [0, 0.1) is 0 Å². The lowest BCUT2D eigenvalue weighted by atomic mass is 10.1. The summed E-state index contributed by atoms with van der Waals surface area (Å²) in [6, 6.07) is 11.3. The van der Waals surface area contributed by atoms with E-state index >= 15 is 0 Å². The van der Waals surface area contributed by atoms with Gasteiger partial charge in [0.2, 0.25) is 0 Å². The highest BCUT2D eigenvalue weighted by Crippen LogP contribution is 2.40. The molecule has 1 heterocycles. The van der Waals surface area contributed by atoms with Gasteiger partial charge in [0.05, 0.1) is 22.0 Å². The Kier molecular flexibility index (Phi) is 8.41. The topological polar surface area (TPSA) is 83.6 Å². The molecule has 0 saturated carbocycles. The quantitative estimate of drug-likeness (QED) is 0.330. The number of halogens is 4. The number of hydrogen-bond donors (Lipinski definition) is 2. The van der Waals surface area contributed by atoms with Gasteiger partial charge in [0, 0.05) is 39.3 Å². The third kappa shape index (κ3) is 6.88. The van der Waals surface area contributed by atoms with Crippen LogP contribution < -0.4 is 20.3 Å². The number of ketones is 1. The minimum atomic E-state index is -4.66. The van der Waals surface area contributed by atoms with Crippen molar-refractivity contribution >= 4 is 34.8 Å². The van der Waals surface area contributed by atoms with Crippen LogP contribution >= 0.6 is 11.6 Å². The van der Waals surface area contributed by atoms with E-state index in [9.17, 15) is 22.8 Å². The minimum absolute atomic E-state index is 0.0313. The molecule has 1 aromatic heterocycles. The third-order valence-corrected chi connectivity index (χ3v) is 5.38. The molecule has 3 aromatic rings. The van der Waals surface area contributed by atoms with Gasteiger partial charge >= 0.3 is 12.2 Å². The maximum atomic E-state index is 13.3. The highest BCUT2D eigenvalue weighted by Gasteiger charge is 2.34. The Bertz CT molecular complexity index is 1250. The summed E-state index contributed by atoms with van der Waals surface area (Å²) in [7, 11) is 3.25. The number of pyridine rings is 1. The number of amides is 2. The first-order chi connectivity index (χ1) is 17.0. The predicted molar refractivity (Wildman–Crippen MR) is 132 cm³/mol. The molecule has 36 heavy (non-hydrogen) atoms. The van der Waals surface area contributed by atoms with E-state index in [1.165, 1.54) is 6.20 Å². The lowest BCUT2D eigenvalue weighted by Gasteiger charge is -2.21. The van der Waals surface area contributed by atoms with Gasteiger partial charge in [0.15, 0.2) is 5.78 Å². The molecule has 0 aliphatic rings. The number of carbonyl (C=O) groups is 2. The monoisotopic (exact) mass is 520 g/mol. The van der Waals surface area contributed by atoms with E-state index in [4.69, 9.17) is 16.3 Å². The first-order valence-corrected chi connectivity index (χ1v) is 11.2. The van der Waals surface area contributed by atoms with Gasteiger partial charge in [0.25, 0.3) is 0 Å². The summed E-state index contributed by atoms with van der Waals surface area (Å²) < 4.78 is 45.5. The fourth-order valence-corrected chi connectivity index (χ4v) is 3.48. The number of nitrogens with one attached hydrogen (secondary N) is 2. The van der Waals surface area contributed by atoms with Gasteiger partial charge in [-0.15, -0.1) is 0 Å². The molecule has 7 nitrogen and oxygen atoms in total. The number of nitrogens with zero attached hydrogens (tertiary/aromatic N) is 2. The number of carbonyl (C=O) groups excluding carboxylic acids is 2. The molecule has 0 radical (unpaired) electrons. The zero-order valence-electron chi connectivity index (χ0n) is 19.7. The minimum Gasteiger partial charge on any atom is -0.457 e. The first kappa shape index (κ1) is 26.8. The third-order valence-electron chi connectivity index (χ3n) is 5.07. The lowest BCUT2D eigenvalue weighted by Crippen LogP contribution is -2.29. The summed E-state index contributed by atoms with van der Waals surface area (Å²) in [5.74, 6) is 0.886. The van der Waals surface area contributed by atoms with Gasteiger partial charge < -0.3 is 20.3 Å². The average molecular weight is 521 g/mol. The van der Waals surface area contributed by atoms with Gasteiger partial charge in [0.1, 0.15) is 17.2 Å². The Morgan fingerprint density at radius 3 is 2.36 bits per heavy atom. The Labute approximate surface area is 211 Å². The van der Waals surface area contributed by atoms with Gasteiger partial charge in [-0.1, -0.05) is 30.7 Å². The van der Waals surface area contributed by atoms with Gasteiger partial charge in [-0.25, -0.2) is 4.79 Å². The van der Waals surface area contributed by atoms with E-state index < -0.39 is 22.8 Å². The number of urea groups is 1. The second kappa shape index (κ2) is 11.3. The molecule has 2 amide bonds. The number of aromatic nitrogens is 1. The van der Waals surface area contributed by atoms with Crippen LogP contribution in [0.5, 0.6) is 11.5 Å². The van der Waals surface area contributed by atoms with Crippen LogP contribution in [0.3, 0.4) is 0 Å². The van der Waals surface area contributed by atoms with E-state index in [2.05, 4.69) is 15.6 Å². The number of hydrogen-bond acceptors (Lipinski definition) is 5. The van der Waals surface area contributed by atoms with Crippen LogP contribution in [-0.4, -0.2) is 30.9 Å². The molecule has 0 saturated heterocycles. The Morgan fingerprint density at radius 1 is 1.06 bits per heavy atom. The zero-order valence-corrected chi connectivity index (χ0v) is 20.5. The van der Waals surface area contributed by atoms with Crippen molar-refractivity contribution in [2.24, 2.45) is 0 Å². The molecule has 11 heteroatoms. The molecule has 0 fully saturated rings. The normalized spacial score (nSPS) is 11.1. The van der Waals surface area contributed by atoms with Crippen molar-refractivity contribution < 1.29 is 27.5 Å². The average Bonchev–Trinajstić information content (AvgIpc) is 2.83. The van der Waals surface area contributed by atoms with E-state index in [1.807, 2.05) is 0 Å². The Morgan fingerprint density at radius 2 is 1.75 bits per heavy atom. The van der Waals surface area contributed by atoms with Crippen molar-refractivity contribution in [3.63, 3.8) is 0 Å². The largest absolute Gasteiger partial charge is 0.457 e. The molecule has 190 valence electrons. The molecule has 2 N–H and O–H groups in total. The van der Waals surface area contributed by atoms with Crippen LogP contribution in [0.4, 0.5) is 29.3 Å². The van der Waals surface area contributed by atoms with E-state index in [1.54, 1.807) is 62.3 Å². The molecule has 3 rings (SSSR count). The predicted octanol–water partition coefficient (Wildman–Crippen LogP) is 6.53. The van der Waals surface area contributed by atoms with Crippen LogP contribution in [0.25, 0.3) is 0 Å². The fourth-order valence-electron chi connectivity index (χ4n) is 3.22. The number of alkyl halides is 3. The van der Waals surface area contributed by atoms with Crippen molar-refractivity contribution in [3.8, 4) is 11.5 Å². The number of benzene rings is 2. The summed E-state index contributed by atoms with van der Waals surface area (Å²) in [6.07, 6.45) is -2.83. The molecule has 0 spiro atoms. The van der Waals surface area contributed by atoms with E-state index in [0.717, 1.165) is 17.7 Å². The smallest absolute Gasteiger partial charge is 0.417 e. The van der Waals surface area contributed by atoms with Crippen LogP contribution in [0.2, 0.25) is 5.02 Å². The molecule has 0 aliphatic carbocycles. The van der Waals surface area contributed by atoms with Gasteiger partial charge in [-0.05, 0) is 35.9 Å². The first-order valence-electron chi connectivity index (χ1n) is 10.9. The zero-order chi connectivity index (χ0) is 26.5. The summed E-state index contributed by atoms with van der Waals surface area (Å²) in [4.78, 5) is 29.8. The number of anilines is 2. The second-order valence-corrected chi connectivity index (χ2v) is 8.36. The molecule has 0 atom stereocenters. The molecular weight excluding hydrogens is 497 g/mol. The summed E-state index contributed by atoms with van der Waals surface area (Å²) >= 11 is 5.80. The number of ether oxygens (including phenoxy) is 1. The van der Waals surface area contributed by atoms with Gasteiger partial charge in [-0.3, -0.25) is 9.78 Å². The number of rotatable bonds is 8. The van der Waals surface area contributed by atoms with Crippen molar-refractivity contribution in [1.82, 2.24) is 10.3 Å². The second-order valence-electron chi connectivity index (χ2n) is 7.95. The van der Waals surface area contributed by atoms with Crippen molar-refractivity contribution in [1.29, 1.82) is 0 Å². The molecule has 0 bridgehead atoms. The van der Waals surface area contributed by atoms with Crippen molar-refractivity contribution in [2.75, 3.05) is 24.3 Å². The van der Waals surface area contributed by atoms with Crippen LogP contribution in [0.15, 0.2) is 54.7 Å². The van der Waals surface area contributed by atoms with E-state index in [0.29, 0.717) is 29.3 Å². The maximum absolute atomic E-state index is 13.3. The Balaban J connectivity index is 1.63. The highest BCUT2D eigenvalue weighted by molar-refractivity contribution is 6.32. The van der Waals surface area contributed by atoms with E-state index in [-0.39, 0.29) is 18.0 Å². The maximum Gasteiger partial charge on any atom is 0.417 e. The lowest BCUT2D eigenvalue weighted by molar-refractivity contribution is -0.137. The SMILES string of the molecule is CCC(=O)c1cc(Oc2ccc(CNC(=O)Nc3cc(C(F)(F)F)c(Cl)cc3N(C)C)cc2)ccn1. The van der Waals surface area contributed by atoms with Crippen LogP contribution in [-0.2, 0) is 12.7 Å². The summed E-state index contributed by atoms with van der Waals surface area (Å²) in [5.41, 5.74) is 0.304. The molecule has 0 aliphatic heterocycles. The molecular formula is C25H24ClF3N4O3. The molecule has 0 unspecified atom stereocenters. The standard InChI is InChI=1S/C25H24ClF3N4O3/c1-4-23(34)21-11-17(9-10-30-21)36-16-7-5-15(6-8-16)14-31-24(35)32-20-12-18(25(27,28)29)19(26)13-22(20)33(2)3/h5-13H,4,14H2,1-3H3,(H2,31,32,35). The fraction of sp³-hybridized carbons (Fsp3) is 0.240. The molecule has 2 aromatic carbocycles. The highest BCUT2D eigenvalue weighted by atomic mass is 35.5. The van der Waals surface area contributed by atoms with Crippen LogP contribution in [0.1, 0.15) is 35.0 Å². The van der Waals surface area contributed by atoms with Crippen molar-refractivity contribution in [3.05, 3.63) is 76.6 Å². The number of Topliss-reactive ketones (excluding diaryl/α,β-unsaturated/α-hetero) is 1. The Hall–Kier alpha value is -3.79. The summed E-state index contributed by atoms with van der Waals surface area (Å²) in [5, 5.41) is 4.61. The van der Waals surface area contributed by atoms with Gasteiger partial charge in [-0.2, -0.15) is 13.2 Å².